The predicted molar refractivity (Wildman–Crippen MR) is 137 cm³/mol. The number of phenols is 1. The molecule has 9 heteroatoms. The fourth-order valence-corrected chi connectivity index (χ4v) is 4.33. The van der Waals surface area contributed by atoms with Crippen LogP contribution in [0.3, 0.4) is 0 Å². The van der Waals surface area contributed by atoms with E-state index in [0.717, 1.165) is 10.9 Å². The van der Waals surface area contributed by atoms with Gasteiger partial charge >= 0.3 is 0 Å². The van der Waals surface area contributed by atoms with Crippen LogP contribution in [0.2, 0.25) is 0 Å². The number of aliphatic hydroxyl groups is 1. The average Bonchev–Trinajstić information content (AvgIpc) is 2.76. The van der Waals surface area contributed by atoms with Gasteiger partial charge in [0.25, 0.3) is 5.91 Å². The fraction of sp³-hybridized carbons (Fsp3) is 0.423. The molecule has 7 nitrogen and oxygen atoms in total. The van der Waals surface area contributed by atoms with Gasteiger partial charge in [-0.05, 0) is 48.6 Å². The zero-order chi connectivity index (χ0) is 24.6. The van der Waals surface area contributed by atoms with Crippen LogP contribution in [0.1, 0.15) is 32.8 Å². The third kappa shape index (κ3) is 5.82. The van der Waals surface area contributed by atoms with E-state index in [1.807, 2.05) is 50.8 Å². The number of nitrogens with zero attached hydrogens (tertiary/aromatic N) is 4. The van der Waals surface area contributed by atoms with Crippen LogP contribution in [-0.2, 0) is 4.79 Å². The molecule has 188 valence electrons. The molecule has 0 spiro atoms. The summed E-state index contributed by atoms with van der Waals surface area (Å²) in [6, 6.07) is 9.93. The average molecular weight is 503 g/mol. The number of carbonyl (C=O) groups excluding carboxylic acids is 1. The van der Waals surface area contributed by atoms with Crippen LogP contribution in [0.15, 0.2) is 36.4 Å². The molecule has 2 heterocycles. The van der Waals surface area contributed by atoms with Gasteiger partial charge in [0.05, 0.1) is 11.1 Å². The first-order valence-corrected chi connectivity index (χ1v) is 11.5. The van der Waals surface area contributed by atoms with Crippen molar-refractivity contribution in [1.29, 1.82) is 0 Å². The third-order valence-electron chi connectivity index (χ3n) is 6.03. The number of fused-ring (bicyclic) bond motifs is 1. The van der Waals surface area contributed by atoms with E-state index in [1.165, 1.54) is 18.2 Å². The number of phenolic OH excluding ortho intramolecular Hbond substituents is 1. The number of piperazine rings is 1. The number of amides is 1. The Kier molecular flexibility index (Phi) is 7.87. The van der Waals surface area contributed by atoms with Crippen LogP contribution < -0.4 is 4.90 Å². The Bertz CT molecular complexity index is 1200. The van der Waals surface area contributed by atoms with Gasteiger partial charge in [-0.3, -0.25) is 4.79 Å². The van der Waals surface area contributed by atoms with Crippen molar-refractivity contribution in [2.45, 2.75) is 40.2 Å². The predicted octanol–water partition coefficient (Wildman–Crippen LogP) is 4.32. The van der Waals surface area contributed by atoms with Crippen LogP contribution in [0, 0.1) is 18.2 Å². The van der Waals surface area contributed by atoms with E-state index in [-0.39, 0.29) is 40.9 Å². The summed E-state index contributed by atoms with van der Waals surface area (Å²) in [6.45, 7) is 9.84. The molecule has 2 N–H and O–H groups in total. The molecular weight excluding hydrogens is 471 g/mol. The Morgan fingerprint density at radius 1 is 1.11 bits per heavy atom. The summed E-state index contributed by atoms with van der Waals surface area (Å²) in [4.78, 5) is 25.7. The first-order chi connectivity index (χ1) is 16.0. The van der Waals surface area contributed by atoms with Crippen LogP contribution in [0.4, 0.5) is 10.2 Å². The lowest BCUT2D eigenvalue weighted by molar-refractivity contribution is -0.142. The van der Waals surface area contributed by atoms with Crippen LogP contribution in [0.5, 0.6) is 5.75 Å². The van der Waals surface area contributed by atoms with Crippen LogP contribution in [0.25, 0.3) is 22.3 Å². The lowest BCUT2D eigenvalue weighted by Gasteiger charge is -2.37. The summed E-state index contributed by atoms with van der Waals surface area (Å²) in [5.41, 5.74) is 1.47. The second kappa shape index (κ2) is 10.3. The highest BCUT2D eigenvalue weighted by molar-refractivity contribution is 5.92. The Balaban J connectivity index is 0.00000342. The van der Waals surface area contributed by atoms with Gasteiger partial charge in [-0.25, -0.2) is 14.4 Å². The lowest BCUT2D eigenvalue weighted by atomic mass is 9.89. The van der Waals surface area contributed by atoms with Crippen molar-refractivity contribution < 1.29 is 19.4 Å². The molecule has 0 aliphatic carbocycles. The Morgan fingerprint density at radius 2 is 1.80 bits per heavy atom. The highest BCUT2D eigenvalue weighted by atomic mass is 35.5. The van der Waals surface area contributed by atoms with E-state index in [1.54, 1.807) is 4.90 Å². The number of aromatic hydroxyl groups is 1. The lowest BCUT2D eigenvalue weighted by Crippen LogP contribution is -2.52. The molecule has 1 atom stereocenters. The standard InChI is InChI=1S/C26H31FN4O3.ClH/c1-16-8-9-17-19(14-16)28-23(22-18(27)6-5-7-20(22)32)29-24(17)30-10-12-31(13-11-30)25(34)21(33)15-26(2,3)4;/h5-9,14,21,32-33H,10-13,15H2,1-4H3;1H/t21-;/m1./s1. The molecule has 4 rings (SSSR count). The highest BCUT2D eigenvalue weighted by Crippen LogP contribution is 2.34. The minimum atomic E-state index is -1.02. The van der Waals surface area contributed by atoms with E-state index < -0.39 is 11.9 Å². The van der Waals surface area contributed by atoms with Gasteiger partial charge in [-0.1, -0.05) is 32.9 Å². The van der Waals surface area contributed by atoms with Crippen molar-refractivity contribution in [2.75, 3.05) is 31.1 Å². The van der Waals surface area contributed by atoms with Gasteiger partial charge in [0.15, 0.2) is 5.82 Å². The van der Waals surface area contributed by atoms with Gasteiger partial charge in [0.1, 0.15) is 23.5 Å². The molecule has 0 radical (unpaired) electrons. The number of anilines is 1. The number of hydrogen-bond acceptors (Lipinski definition) is 6. The quantitative estimate of drug-likeness (QED) is 0.552. The summed E-state index contributed by atoms with van der Waals surface area (Å²) in [5, 5.41) is 21.5. The molecule has 1 aliphatic heterocycles. The maximum atomic E-state index is 14.6. The number of halogens is 2. The van der Waals surface area contributed by atoms with Gasteiger partial charge < -0.3 is 20.0 Å². The minimum Gasteiger partial charge on any atom is -0.507 e. The summed E-state index contributed by atoms with van der Waals surface area (Å²) in [7, 11) is 0. The molecule has 1 amide bonds. The van der Waals surface area contributed by atoms with Crippen molar-refractivity contribution in [3.8, 4) is 17.1 Å². The number of benzene rings is 2. The summed E-state index contributed by atoms with van der Waals surface area (Å²) in [5.74, 6) is -0.329. The molecule has 0 unspecified atom stereocenters. The maximum Gasteiger partial charge on any atom is 0.251 e. The van der Waals surface area contributed by atoms with Crippen molar-refractivity contribution >= 4 is 35.0 Å². The maximum absolute atomic E-state index is 14.6. The fourth-order valence-electron chi connectivity index (χ4n) is 4.33. The second-order valence-electron chi connectivity index (χ2n) is 10.1. The van der Waals surface area contributed by atoms with Gasteiger partial charge in [0, 0.05) is 31.6 Å². The first-order valence-electron chi connectivity index (χ1n) is 11.5. The molecule has 0 bridgehead atoms. The number of rotatable bonds is 4. The molecular formula is C26H32ClFN4O3. The number of carbonyl (C=O) groups is 1. The first kappa shape index (κ1) is 26.6. The SMILES string of the molecule is Cc1ccc2c(N3CCN(C(=O)[C@H](O)CC(C)(C)C)CC3)nc(-c3c(O)cccc3F)nc2c1.Cl. The molecule has 1 saturated heterocycles. The number of aryl methyl sites for hydroxylation is 1. The zero-order valence-electron chi connectivity index (χ0n) is 20.5. The van der Waals surface area contributed by atoms with Gasteiger partial charge in [-0.2, -0.15) is 0 Å². The Morgan fingerprint density at radius 3 is 2.43 bits per heavy atom. The summed E-state index contributed by atoms with van der Waals surface area (Å²) >= 11 is 0. The second-order valence-corrected chi connectivity index (χ2v) is 10.1. The topological polar surface area (TPSA) is 89.8 Å². The minimum absolute atomic E-state index is 0. The number of aliphatic hydroxyl groups excluding tert-OH is 1. The molecule has 2 aromatic carbocycles. The normalized spacial score (nSPS) is 15.1. The monoisotopic (exact) mass is 502 g/mol. The van der Waals surface area contributed by atoms with E-state index in [2.05, 4.69) is 9.97 Å². The van der Waals surface area contributed by atoms with Crippen molar-refractivity contribution in [1.82, 2.24) is 14.9 Å². The zero-order valence-corrected chi connectivity index (χ0v) is 21.3. The summed E-state index contributed by atoms with van der Waals surface area (Å²) in [6.07, 6.45) is -0.623. The largest absolute Gasteiger partial charge is 0.507 e. The third-order valence-corrected chi connectivity index (χ3v) is 6.03. The van der Waals surface area contributed by atoms with E-state index in [0.29, 0.717) is 43.9 Å². The Labute approximate surface area is 211 Å². The van der Waals surface area contributed by atoms with Gasteiger partial charge in [-0.15, -0.1) is 12.4 Å². The number of hydrogen-bond donors (Lipinski definition) is 2. The smallest absolute Gasteiger partial charge is 0.251 e. The summed E-state index contributed by atoms with van der Waals surface area (Å²) < 4.78 is 14.6. The van der Waals surface area contributed by atoms with Gasteiger partial charge in [0.2, 0.25) is 0 Å². The van der Waals surface area contributed by atoms with Crippen LogP contribution >= 0.6 is 12.4 Å². The molecule has 1 fully saturated rings. The van der Waals surface area contributed by atoms with Crippen molar-refractivity contribution in [3.05, 3.63) is 47.8 Å². The molecule has 3 aromatic rings. The number of aromatic nitrogens is 2. The van der Waals surface area contributed by atoms with Crippen LogP contribution in [-0.4, -0.2) is 63.3 Å². The molecule has 1 aromatic heterocycles. The van der Waals surface area contributed by atoms with E-state index in [9.17, 15) is 19.4 Å². The van der Waals surface area contributed by atoms with Crippen molar-refractivity contribution in [2.24, 2.45) is 5.41 Å². The van der Waals surface area contributed by atoms with Crippen molar-refractivity contribution in [3.63, 3.8) is 0 Å². The van der Waals surface area contributed by atoms with E-state index in [4.69, 9.17) is 0 Å². The Hall–Kier alpha value is -2.97. The highest BCUT2D eigenvalue weighted by Gasteiger charge is 2.30. The molecule has 1 aliphatic rings. The van der Waals surface area contributed by atoms with E-state index >= 15 is 0 Å². The molecule has 35 heavy (non-hydrogen) atoms. The molecule has 0 saturated carbocycles.